The number of ether oxygens (including phenoxy) is 2. The molecule has 2 saturated heterocycles. The zero-order chi connectivity index (χ0) is 11.5. The first-order chi connectivity index (χ1) is 8.28. The summed E-state index contributed by atoms with van der Waals surface area (Å²) in [5.41, 5.74) is -0.0654. The van der Waals surface area contributed by atoms with Crippen molar-refractivity contribution < 1.29 is 14.3 Å². The van der Waals surface area contributed by atoms with Gasteiger partial charge < -0.3 is 14.3 Å². The quantitative estimate of drug-likeness (QED) is 0.556. The summed E-state index contributed by atoms with van der Waals surface area (Å²) in [6.07, 6.45) is 11.1. The van der Waals surface area contributed by atoms with Crippen LogP contribution in [0.4, 0.5) is 0 Å². The monoisotopic (exact) mass is 236 g/mol. The van der Waals surface area contributed by atoms with Gasteiger partial charge in [0.15, 0.2) is 0 Å². The van der Waals surface area contributed by atoms with Crippen LogP contribution in [0.15, 0.2) is 0 Å². The molecule has 0 bridgehead atoms. The van der Waals surface area contributed by atoms with Gasteiger partial charge in [0.05, 0.1) is 24.4 Å². The molecule has 2 saturated carbocycles. The second-order valence-electron chi connectivity index (χ2n) is 6.53. The number of carbonyl (C=O) groups excluding carboxylic acids is 1. The number of aldehydes is 1. The standard InChI is InChI=1S/C14H20O3/c15-8-14(4-3-11-13(7-14)17-11)6-9-1-2-10-12(5-9)16-10/h8-13H,1-7H2. The third-order valence-corrected chi connectivity index (χ3v) is 5.28. The molecule has 0 spiro atoms. The molecular formula is C14H20O3. The van der Waals surface area contributed by atoms with Crippen LogP contribution >= 0.6 is 0 Å². The molecule has 17 heavy (non-hydrogen) atoms. The Bertz CT molecular complexity index is 342. The fourth-order valence-corrected chi connectivity index (χ4v) is 4.13. The zero-order valence-corrected chi connectivity index (χ0v) is 10.1. The van der Waals surface area contributed by atoms with E-state index < -0.39 is 0 Å². The minimum Gasteiger partial charge on any atom is -0.370 e. The molecule has 0 N–H and O–H groups in total. The molecule has 2 aliphatic carbocycles. The zero-order valence-electron chi connectivity index (χ0n) is 10.1. The van der Waals surface area contributed by atoms with Gasteiger partial charge in [0.1, 0.15) is 6.29 Å². The van der Waals surface area contributed by atoms with E-state index in [0.717, 1.165) is 25.7 Å². The molecule has 4 fully saturated rings. The predicted octanol–water partition coefficient (Wildman–Crippen LogP) is 2.08. The summed E-state index contributed by atoms with van der Waals surface area (Å²) < 4.78 is 11.1. The number of fused-ring (bicyclic) bond motifs is 2. The fraction of sp³-hybridized carbons (Fsp3) is 0.929. The summed E-state index contributed by atoms with van der Waals surface area (Å²) in [7, 11) is 0. The smallest absolute Gasteiger partial charge is 0.126 e. The number of epoxide rings is 2. The van der Waals surface area contributed by atoms with Gasteiger partial charge in [0, 0.05) is 5.41 Å². The molecule has 0 aromatic rings. The lowest BCUT2D eigenvalue weighted by atomic mass is 9.68. The van der Waals surface area contributed by atoms with Gasteiger partial charge >= 0.3 is 0 Å². The normalized spacial score (nSPS) is 55.6. The van der Waals surface area contributed by atoms with E-state index in [1.165, 1.54) is 25.5 Å². The summed E-state index contributed by atoms with van der Waals surface area (Å²) >= 11 is 0. The molecule has 0 radical (unpaired) electrons. The molecule has 2 aliphatic heterocycles. The van der Waals surface area contributed by atoms with E-state index in [-0.39, 0.29) is 5.41 Å². The second-order valence-corrected chi connectivity index (χ2v) is 6.53. The Morgan fingerprint density at radius 1 is 1.06 bits per heavy atom. The Morgan fingerprint density at radius 3 is 2.65 bits per heavy atom. The van der Waals surface area contributed by atoms with Gasteiger partial charge in [-0.1, -0.05) is 0 Å². The van der Waals surface area contributed by atoms with Crippen molar-refractivity contribution >= 4 is 6.29 Å². The largest absolute Gasteiger partial charge is 0.370 e. The van der Waals surface area contributed by atoms with Crippen LogP contribution in [-0.4, -0.2) is 30.7 Å². The maximum atomic E-state index is 11.5. The Labute approximate surface area is 102 Å². The molecular weight excluding hydrogens is 216 g/mol. The van der Waals surface area contributed by atoms with Crippen molar-refractivity contribution in [2.24, 2.45) is 11.3 Å². The van der Waals surface area contributed by atoms with E-state index in [1.54, 1.807) is 0 Å². The van der Waals surface area contributed by atoms with Crippen LogP contribution < -0.4 is 0 Å². The summed E-state index contributed by atoms with van der Waals surface area (Å²) in [5.74, 6) is 0.708. The predicted molar refractivity (Wildman–Crippen MR) is 61.6 cm³/mol. The third-order valence-electron chi connectivity index (χ3n) is 5.28. The number of carbonyl (C=O) groups is 1. The highest BCUT2D eigenvalue weighted by Crippen LogP contribution is 2.51. The van der Waals surface area contributed by atoms with Crippen LogP contribution in [0.25, 0.3) is 0 Å². The average molecular weight is 236 g/mol. The summed E-state index contributed by atoms with van der Waals surface area (Å²) in [4.78, 5) is 11.5. The molecule has 0 aromatic carbocycles. The fourth-order valence-electron chi connectivity index (χ4n) is 4.13. The molecule has 0 amide bonds. The lowest BCUT2D eigenvalue weighted by molar-refractivity contribution is -0.118. The average Bonchev–Trinajstić information content (AvgIpc) is 3.22. The van der Waals surface area contributed by atoms with Crippen LogP contribution in [0.1, 0.15) is 44.9 Å². The van der Waals surface area contributed by atoms with Crippen molar-refractivity contribution in [3.05, 3.63) is 0 Å². The molecule has 3 nitrogen and oxygen atoms in total. The van der Waals surface area contributed by atoms with Crippen LogP contribution in [0, 0.1) is 11.3 Å². The van der Waals surface area contributed by atoms with Crippen molar-refractivity contribution in [2.75, 3.05) is 0 Å². The summed E-state index contributed by atoms with van der Waals surface area (Å²) in [6.45, 7) is 0. The lowest BCUT2D eigenvalue weighted by Crippen LogP contribution is -2.33. The molecule has 3 heteroatoms. The summed E-state index contributed by atoms with van der Waals surface area (Å²) in [5, 5.41) is 0. The van der Waals surface area contributed by atoms with Gasteiger partial charge in [0.2, 0.25) is 0 Å². The van der Waals surface area contributed by atoms with Gasteiger partial charge in [-0.05, 0) is 50.9 Å². The first-order valence-electron chi connectivity index (χ1n) is 7.05. The first-order valence-corrected chi connectivity index (χ1v) is 7.05. The van der Waals surface area contributed by atoms with Crippen molar-refractivity contribution in [2.45, 2.75) is 69.4 Å². The van der Waals surface area contributed by atoms with E-state index >= 15 is 0 Å². The van der Waals surface area contributed by atoms with Gasteiger partial charge in [-0.2, -0.15) is 0 Å². The minimum atomic E-state index is -0.0654. The van der Waals surface area contributed by atoms with Crippen LogP contribution in [0.2, 0.25) is 0 Å². The molecule has 6 unspecified atom stereocenters. The molecule has 94 valence electrons. The van der Waals surface area contributed by atoms with Gasteiger partial charge in [-0.25, -0.2) is 0 Å². The maximum Gasteiger partial charge on any atom is 0.126 e. The maximum absolute atomic E-state index is 11.5. The molecule has 4 aliphatic rings. The van der Waals surface area contributed by atoms with Crippen LogP contribution in [0.5, 0.6) is 0 Å². The summed E-state index contributed by atoms with van der Waals surface area (Å²) in [6, 6.07) is 0. The highest BCUT2D eigenvalue weighted by atomic mass is 16.6. The number of hydrogen-bond acceptors (Lipinski definition) is 3. The van der Waals surface area contributed by atoms with Gasteiger partial charge in [0.25, 0.3) is 0 Å². The molecule has 4 rings (SSSR count). The minimum absolute atomic E-state index is 0.0654. The SMILES string of the molecule is O=CC1(CC2CCC3OC3C2)CCC2OC2C1. The highest BCUT2D eigenvalue weighted by molar-refractivity contribution is 5.60. The van der Waals surface area contributed by atoms with E-state index in [0.29, 0.717) is 30.3 Å². The molecule has 2 heterocycles. The van der Waals surface area contributed by atoms with E-state index in [9.17, 15) is 4.79 Å². The number of rotatable bonds is 3. The van der Waals surface area contributed by atoms with E-state index in [4.69, 9.17) is 9.47 Å². The second kappa shape index (κ2) is 3.55. The van der Waals surface area contributed by atoms with Crippen LogP contribution in [-0.2, 0) is 14.3 Å². The topological polar surface area (TPSA) is 42.1 Å². The Morgan fingerprint density at radius 2 is 1.88 bits per heavy atom. The lowest BCUT2D eigenvalue weighted by Gasteiger charge is -2.34. The third kappa shape index (κ3) is 1.84. The first kappa shape index (κ1) is 10.5. The Balaban J connectivity index is 1.42. The van der Waals surface area contributed by atoms with E-state index in [2.05, 4.69) is 0 Å². The van der Waals surface area contributed by atoms with Gasteiger partial charge in [-0.3, -0.25) is 0 Å². The van der Waals surface area contributed by atoms with Crippen LogP contribution in [0.3, 0.4) is 0 Å². The Kier molecular flexibility index (Phi) is 2.19. The van der Waals surface area contributed by atoms with Crippen molar-refractivity contribution in [3.8, 4) is 0 Å². The van der Waals surface area contributed by atoms with Crippen molar-refractivity contribution in [1.82, 2.24) is 0 Å². The highest BCUT2D eigenvalue weighted by Gasteiger charge is 2.52. The van der Waals surface area contributed by atoms with Crippen molar-refractivity contribution in [3.63, 3.8) is 0 Å². The Hall–Kier alpha value is -0.410. The van der Waals surface area contributed by atoms with E-state index in [1.807, 2.05) is 0 Å². The number of hydrogen-bond donors (Lipinski definition) is 0. The molecule has 0 aromatic heterocycles. The molecule has 6 atom stereocenters. The van der Waals surface area contributed by atoms with Crippen molar-refractivity contribution in [1.29, 1.82) is 0 Å². The van der Waals surface area contributed by atoms with Gasteiger partial charge in [-0.15, -0.1) is 0 Å².